The Kier molecular flexibility index (Phi) is 4.81. The van der Waals surface area contributed by atoms with Crippen molar-refractivity contribution in [2.45, 2.75) is 32.4 Å². The van der Waals surface area contributed by atoms with Crippen molar-refractivity contribution in [2.24, 2.45) is 0 Å². The van der Waals surface area contributed by atoms with Crippen molar-refractivity contribution >= 4 is 11.8 Å². The molecule has 1 N–H and O–H groups in total. The maximum Gasteiger partial charge on any atom is 0.224 e. The molecule has 2 aromatic heterocycles. The first-order valence-corrected chi connectivity index (χ1v) is 8.15. The van der Waals surface area contributed by atoms with Gasteiger partial charge in [-0.05, 0) is 44.5 Å². The summed E-state index contributed by atoms with van der Waals surface area (Å²) in [6.07, 6.45) is 4.12. The monoisotopic (exact) mass is 315 g/mol. The summed E-state index contributed by atoms with van der Waals surface area (Å²) in [5.41, 5.74) is 0. The van der Waals surface area contributed by atoms with Crippen LogP contribution in [-0.2, 0) is 6.54 Å². The normalized spacial score (nSPS) is 18.8. The number of nitrogens with one attached hydrogen (secondary N) is 1. The lowest BCUT2D eigenvalue weighted by Gasteiger charge is -2.32. The summed E-state index contributed by atoms with van der Waals surface area (Å²) in [5, 5.41) is 3.48. The molecule has 1 aliphatic rings. The lowest BCUT2D eigenvalue weighted by atomic mass is 10.1. The number of likely N-dealkylation sites (tertiary alicyclic amines) is 1. The van der Waals surface area contributed by atoms with Gasteiger partial charge in [0.1, 0.15) is 17.3 Å². The summed E-state index contributed by atoms with van der Waals surface area (Å²) in [4.78, 5) is 13.3. The highest BCUT2D eigenvalue weighted by Gasteiger charge is 2.21. The maximum absolute atomic E-state index is 5.69. The fourth-order valence-corrected chi connectivity index (χ4v) is 2.96. The minimum absolute atomic E-state index is 0.372. The van der Waals surface area contributed by atoms with Gasteiger partial charge in [-0.1, -0.05) is 0 Å². The van der Waals surface area contributed by atoms with E-state index in [1.807, 2.05) is 38.1 Å². The van der Waals surface area contributed by atoms with E-state index in [0.29, 0.717) is 12.0 Å². The average Bonchev–Trinajstić information content (AvgIpc) is 2.93. The second-order valence-corrected chi connectivity index (χ2v) is 6.36. The molecule has 1 atom stereocenters. The Bertz CT molecular complexity index is 639. The molecule has 0 aliphatic carbocycles. The van der Waals surface area contributed by atoms with Crippen LogP contribution in [-0.4, -0.2) is 48.1 Å². The highest BCUT2D eigenvalue weighted by atomic mass is 16.3. The Morgan fingerprint density at radius 1 is 1.35 bits per heavy atom. The van der Waals surface area contributed by atoms with Gasteiger partial charge in [-0.3, -0.25) is 4.90 Å². The van der Waals surface area contributed by atoms with Crippen LogP contribution in [0.15, 0.2) is 28.8 Å². The molecule has 0 aromatic carbocycles. The van der Waals surface area contributed by atoms with E-state index in [1.54, 1.807) is 6.20 Å². The van der Waals surface area contributed by atoms with Gasteiger partial charge < -0.3 is 14.6 Å². The first-order chi connectivity index (χ1) is 11.1. The van der Waals surface area contributed by atoms with Gasteiger partial charge in [0.25, 0.3) is 0 Å². The van der Waals surface area contributed by atoms with E-state index < -0.39 is 0 Å². The third-order valence-electron chi connectivity index (χ3n) is 4.11. The van der Waals surface area contributed by atoms with Crippen LogP contribution in [0.3, 0.4) is 0 Å². The summed E-state index contributed by atoms with van der Waals surface area (Å²) in [6.45, 7) is 4.94. The van der Waals surface area contributed by atoms with Gasteiger partial charge in [-0.15, -0.1) is 0 Å². The average molecular weight is 315 g/mol. The zero-order valence-corrected chi connectivity index (χ0v) is 14.1. The van der Waals surface area contributed by atoms with Crippen molar-refractivity contribution in [1.82, 2.24) is 14.9 Å². The molecule has 1 unspecified atom stereocenters. The predicted octanol–water partition coefficient (Wildman–Crippen LogP) is 2.52. The van der Waals surface area contributed by atoms with Crippen molar-refractivity contribution < 1.29 is 4.42 Å². The zero-order valence-electron chi connectivity index (χ0n) is 14.1. The predicted molar refractivity (Wildman–Crippen MR) is 91.7 cm³/mol. The summed E-state index contributed by atoms with van der Waals surface area (Å²) in [6, 6.07) is 6.38. The Balaban J connectivity index is 1.59. The standard InChI is InChI=1S/C17H25N5O/c1-13-6-7-15(23-13)12-22-10-4-5-14(11-22)19-17-18-9-8-16(20-17)21(2)3/h6-9,14H,4-5,10-12H2,1-3H3,(H,18,19,20). The molecule has 6 heteroatoms. The number of hydrogen-bond acceptors (Lipinski definition) is 6. The van der Waals surface area contributed by atoms with E-state index in [4.69, 9.17) is 4.42 Å². The highest BCUT2D eigenvalue weighted by Crippen LogP contribution is 2.18. The summed E-state index contributed by atoms with van der Waals surface area (Å²) in [7, 11) is 3.97. The van der Waals surface area contributed by atoms with Crippen molar-refractivity contribution in [3.05, 3.63) is 35.9 Å². The molecule has 0 spiro atoms. The Morgan fingerprint density at radius 3 is 2.96 bits per heavy atom. The molecule has 124 valence electrons. The van der Waals surface area contributed by atoms with E-state index >= 15 is 0 Å². The lowest BCUT2D eigenvalue weighted by Crippen LogP contribution is -2.41. The van der Waals surface area contributed by atoms with Crippen LogP contribution in [0, 0.1) is 6.92 Å². The third kappa shape index (κ3) is 4.22. The minimum Gasteiger partial charge on any atom is -0.465 e. The molecule has 0 amide bonds. The van der Waals surface area contributed by atoms with Crippen LogP contribution < -0.4 is 10.2 Å². The molecule has 3 heterocycles. The van der Waals surface area contributed by atoms with Gasteiger partial charge in [0.2, 0.25) is 5.95 Å². The van der Waals surface area contributed by atoms with Crippen LogP contribution in [0.5, 0.6) is 0 Å². The number of rotatable bonds is 5. The molecular formula is C17H25N5O. The van der Waals surface area contributed by atoms with Gasteiger partial charge in [0, 0.05) is 32.9 Å². The molecule has 1 saturated heterocycles. The van der Waals surface area contributed by atoms with E-state index in [0.717, 1.165) is 43.4 Å². The molecule has 1 fully saturated rings. The van der Waals surface area contributed by atoms with Crippen LogP contribution in [0.1, 0.15) is 24.4 Å². The van der Waals surface area contributed by atoms with Gasteiger partial charge in [-0.2, -0.15) is 4.98 Å². The first-order valence-electron chi connectivity index (χ1n) is 8.15. The minimum atomic E-state index is 0.372. The first kappa shape index (κ1) is 15.8. The molecule has 6 nitrogen and oxygen atoms in total. The second kappa shape index (κ2) is 7.00. The SMILES string of the molecule is Cc1ccc(CN2CCCC(Nc3nccc(N(C)C)n3)C2)o1. The van der Waals surface area contributed by atoms with Crippen LogP contribution in [0.4, 0.5) is 11.8 Å². The number of aromatic nitrogens is 2. The van der Waals surface area contributed by atoms with Crippen LogP contribution >= 0.6 is 0 Å². The van der Waals surface area contributed by atoms with Crippen molar-refractivity contribution in [2.75, 3.05) is 37.4 Å². The van der Waals surface area contributed by atoms with E-state index in [-0.39, 0.29) is 0 Å². The molecule has 0 bridgehead atoms. The molecular weight excluding hydrogens is 290 g/mol. The van der Waals surface area contributed by atoms with Gasteiger partial charge in [0.15, 0.2) is 0 Å². The number of piperidine rings is 1. The van der Waals surface area contributed by atoms with Crippen molar-refractivity contribution in [3.63, 3.8) is 0 Å². The van der Waals surface area contributed by atoms with Crippen molar-refractivity contribution in [3.8, 4) is 0 Å². The Labute approximate surface area is 137 Å². The smallest absolute Gasteiger partial charge is 0.224 e. The topological polar surface area (TPSA) is 57.4 Å². The molecule has 2 aromatic rings. The molecule has 1 aliphatic heterocycles. The summed E-state index contributed by atoms with van der Waals surface area (Å²) < 4.78 is 5.69. The van der Waals surface area contributed by atoms with E-state index in [9.17, 15) is 0 Å². The molecule has 3 rings (SSSR count). The fourth-order valence-electron chi connectivity index (χ4n) is 2.96. The van der Waals surface area contributed by atoms with Gasteiger partial charge in [-0.25, -0.2) is 4.98 Å². The van der Waals surface area contributed by atoms with Crippen LogP contribution in [0.2, 0.25) is 0 Å². The molecule has 23 heavy (non-hydrogen) atoms. The molecule has 0 saturated carbocycles. The van der Waals surface area contributed by atoms with E-state index in [2.05, 4.69) is 26.3 Å². The Hall–Kier alpha value is -2.08. The Morgan fingerprint density at radius 2 is 2.22 bits per heavy atom. The number of furan rings is 1. The highest BCUT2D eigenvalue weighted by molar-refractivity contribution is 5.41. The van der Waals surface area contributed by atoms with Crippen LogP contribution in [0.25, 0.3) is 0 Å². The van der Waals surface area contributed by atoms with E-state index in [1.165, 1.54) is 6.42 Å². The number of aryl methyl sites for hydroxylation is 1. The summed E-state index contributed by atoms with van der Waals surface area (Å²) in [5.74, 6) is 3.63. The van der Waals surface area contributed by atoms with Gasteiger partial charge in [0.05, 0.1) is 6.54 Å². The largest absolute Gasteiger partial charge is 0.465 e. The lowest BCUT2D eigenvalue weighted by molar-refractivity contribution is 0.193. The number of nitrogens with zero attached hydrogens (tertiary/aromatic N) is 4. The second-order valence-electron chi connectivity index (χ2n) is 6.36. The van der Waals surface area contributed by atoms with Gasteiger partial charge >= 0.3 is 0 Å². The number of hydrogen-bond donors (Lipinski definition) is 1. The third-order valence-corrected chi connectivity index (χ3v) is 4.11. The maximum atomic E-state index is 5.69. The zero-order chi connectivity index (χ0) is 16.2. The van der Waals surface area contributed by atoms with Crippen molar-refractivity contribution in [1.29, 1.82) is 0 Å². The quantitative estimate of drug-likeness (QED) is 0.915. The molecule has 0 radical (unpaired) electrons. The summed E-state index contributed by atoms with van der Waals surface area (Å²) >= 11 is 0. The number of anilines is 2. The fraction of sp³-hybridized carbons (Fsp3) is 0.529.